The Kier molecular flexibility index (Phi) is 3.93. The van der Waals surface area contributed by atoms with E-state index in [1.807, 2.05) is 0 Å². The summed E-state index contributed by atoms with van der Waals surface area (Å²) < 4.78 is 11.1. The quantitative estimate of drug-likeness (QED) is 0.787. The summed E-state index contributed by atoms with van der Waals surface area (Å²) in [4.78, 5) is 26.9. The van der Waals surface area contributed by atoms with Crippen LogP contribution in [0.25, 0.3) is 0 Å². The molecule has 2 heterocycles. The molecule has 3 aliphatic carbocycles. The van der Waals surface area contributed by atoms with Gasteiger partial charge in [0.1, 0.15) is 12.1 Å². The molecule has 0 unspecified atom stereocenters. The van der Waals surface area contributed by atoms with E-state index in [2.05, 4.69) is 20.8 Å². The maximum Gasteiger partial charge on any atom is 0.329 e. The van der Waals surface area contributed by atoms with Gasteiger partial charge in [-0.25, -0.2) is 4.79 Å². The molecule has 0 N–H and O–H groups in total. The summed E-state index contributed by atoms with van der Waals surface area (Å²) in [6.07, 6.45) is 5.18. The van der Waals surface area contributed by atoms with Gasteiger partial charge in [-0.3, -0.25) is 4.79 Å². The summed E-state index contributed by atoms with van der Waals surface area (Å²) in [5.41, 5.74) is 0.372. The average molecular weight is 345 g/mol. The van der Waals surface area contributed by atoms with E-state index in [4.69, 9.17) is 9.15 Å². The molecule has 4 fully saturated rings. The lowest BCUT2D eigenvalue weighted by atomic mass is 9.45. The molecule has 5 heteroatoms. The molecule has 1 saturated heterocycles. The second kappa shape index (κ2) is 5.89. The van der Waals surface area contributed by atoms with Crippen molar-refractivity contribution in [2.24, 2.45) is 23.2 Å². The van der Waals surface area contributed by atoms with Crippen LogP contribution in [-0.2, 0) is 9.53 Å². The summed E-state index contributed by atoms with van der Waals surface area (Å²) in [5, 5.41) is 0. The molecule has 0 aromatic carbocycles. The monoisotopic (exact) mass is 345 g/mol. The molecule has 5 rings (SSSR count). The van der Waals surface area contributed by atoms with Crippen LogP contribution < -0.4 is 0 Å². The fraction of sp³-hybridized carbons (Fsp3) is 0.700. The average Bonchev–Trinajstić information content (AvgIpc) is 3.27. The summed E-state index contributed by atoms with van der Waals surface area (Å²) in [6.45, 7) is 7.46. The van der Waals surface area contributed by atoms with Crippen LogP contribution >= 0.6 is 0 Å². The van der Waals surface area contributed by atoms with Crippen LogP contribution in [0.3, 0.4) is 0 Å². The number of amides is 1. The third kappa shape index (κ3) is 2.59. The molecule has 0 radical (unpaired) electrons. The number of hydrogen-bond acceptors (Lipinski definition) is 4. The van der Waals surface area contributed by atoms with Gasteiger partial charge in [0.05, 0.1) is 6.26 Å². The fourth-order valence-corrected chi connectivity index (χ4v) is 5.28. The van der Waals surface area contributed by atoms with Crippen LogP contribution in [0.1, 0.15) is 57.0 Å². The van der Waals surface area contributed by atoms with Crippen LogP contribution in [0.5, 0.6) is 0 Å². The molecule has 1 aromatic rings. The minimum atomic E-state index is -0.476. The maximum atomic E-state index is 12.8. The number of ether oxygens (including phenoxy) is 1. The first-order valence-corrected chi connectivity index (χ1v) is 9.44. The van der Waals surface area contributed by atoms with E-state index in [9.17, 15) is 9.59 Å². The first-order chi connectivity index (χ1) is 11.9. The number of nitrogens with zero attached hydrogens (tertiary/aromatic N) is 1. The zero-order valence-corrected chi connectivity index (χ0v) is 15.2. The maximum absolute atomic E-state index is 12.8. The van der Waals surface area contributed by atoms with Crippen LogP contribution in [-0.4, -0.2) is 35.5 Å². The second-order valence-electron chi connectivity index (χ2n) is 8.56. The predicted molar refractivity (Wildman–Crippen MR) is 91.8 cm³/mol. The Balaban J connectivity index is 1.42. The van der Waals surface area contributed by atoms with Crippen molar-refractivity contribution in [3.63, 3.8) is 0 Å². The summed E-state index contributed by atoms with van der Waals surface area (Å²) in [5.74, 6) is 1.50. The van der Waals surface area contributed by atoms with E-state index in [1.54, 1.807) is 17.0 Å². The van der Waals surface area contributed by atoms with E-state index in [0.29, 0.717) is 36.1 Å². The molecule has 4 aliphatic rings. The van der Waals surface area contributed by atoms with Crippen LogP contribution in [0.4, 0.5) is 0 Å². The third-order valence-corrected chi connectivity index (χ3v) is 7.07. The van der Waals surface area contributed by atoms with E-state index in [1.165, 1.54) is 12.7 Å². The number of rotatable bonds is 3. The van der Waals surface area contributed by atoms with Crippen molar-refractivity contribution < 1.29 is 18.7 Å². The molecule has 1 aromatic heterocycles. The molecule has 1 aliphatic heterocycles. The zero-order chi connectivity index (χ0) is 17.8. The van der Waals surface area contributed by atoms with Gasteiger partial charge in [0, 0.05) is 6.54 Å². The lowest BCUT2D eigenvalue weighted by Crippen LogP contribution is -2.58. The Hall–Kier alpha value is -1.78. The minimum absolute atomic E-state index is 0.00885. The first kappa shape index (κ1) is 16.7. The summed E-state index contributed by atoms with van der Waals surface area (Å²) in [7, 11) is 0. The summed E-state index contributed by atoms with van der Waals surface area (Å²) >= 11 is 0. The normalized spacial score (nSPS) is 36.0. The molecule has 0 spiro atoms. The van der Waals surface area contributed by atoms with Gasteiger partial charge in [-0.15, -0.1) is 0 Å². The molecule has 5 nitrogen and oxygen atoms in total. The third-order valence-electron chi connectivity index (χ3n) is 7.07. The Morgan fingerprint density at radius 2 is 2.12 bits per heavy atom. The van der Waals surface area contributed by atoms with Crippen molar-refractivity contribution in [1.82, 2.24) is 4.90 Å². The van der Waals surface area contributed by atoms with Crippen molar-refractivity contribution in [1.29, 1.82) is 0 Å². The fourth-order valence-electron chi connectivity index (χ4n) is 5.28. The van der Waals surface area contributed by atoms with E-state index < -0.39 is 6.04 Å². The number of esters is 1. The lowest BCUT2D eigenvalue weighted by Gasteiger charge is -2.61. The van der Waals surface area contributed by atoms with E-state index in [0.717, 1.165) is 12.8 Å². The molecule has 25 heavy (non-hydrogen) atoms. The van der Waals surface area contributed by atoms with Gasteiger partial charge in [-0.1, -0.05) is 20.8 Å². The molecule has 2 bridgehead atoms. The Labute approximate surface area is 148 Å². The SMILES string of the molecule is C[C@@H]1[C@@H](OC(=O)[C@@H]2CCCN2C(=O)c2ccco2)C[C@H]2C[C@H]1C2(C)C. The molecule has 3 saturated carbocycles. The molecule has 1 amide bonds. The molecule has 5 atom stereocenters. The standard InChI is InChI=1S/C20H27NO4/c1-12-14-10-13(20(14,2)3)11-17(12)25-19(23)15-6-4-8-21(15)18(22)16-7-5-9-24-16/h5,7,9,12-15,17H,4,6,8,10-11H2,1-3H3/t12-,13+,14+,15-,17-/m0/s1. The Bertz CT molecular complexity index is 665. The van der Waals surface area contributed by atoms with Gasteiger partial charge in [-0.05, 0) is 61.0 Å². The van der Waals surface area contributed by atoms with Gasteiger partial charge >= 0.3 is 5.97 Å². The lowest BCUT2D eigenvalue weighted by molar-refractivity contribution is -0.189. The van der Waals surface area contributed by atoms with Crippen molar-refractivity contribution in [2.45, 2.75) is 58.6 Å². The highest BCUT2D eigenvalue weighted by Gasteiger charge is 2.57. The zero-order valence-electron chi connectivity index (χ0n) is 15.2. The van der Waals surface area contributed by atoms with Gasteiger partial charge < -0.3 is 14.1 Å². The predicted octanol–water partition coefficient (Wildman–Crippen LogP) is 3.50. The minimum Gasteiger partial charge on any atom is -0.461 e. The smallest absolute Gasteiger partial charge is 0.329 e. The summed E-state index contributed by atoms with van der Waals surface area (Å²) in [6, 6.07) is 2.85. The highest BCUT2D eigenvalue weighted by molar-refractivity contribution is 5.95. The number of fused-ring (bicyclic) bond motifs is 2. The van der Waals surface area contributed by atoms with Crippen molar-refractivity contribution >= 4 is 11.9 Å². The highest BCUT2D eigenvalue weighted by Crippen LogP contribution is 2.61. The first-order valence-electron chi connectivity index (χ1n) is 9.44. The topological polar surface area (TPSA) is 59.8 Å². The Morgan fingerprint density at radius 3 is 2.76 bits per heavy atom. The Morgan fingerprint density at radius 1 is 1.32 bits per heavy atom. The number of hydrogen-bond donors (Lipinski definition) is 0. The van der Waals surface area contributed by atoms with Crippen molar-refractivity contribution in [2.75, 3.05) is 6.54 Å². The van der Waals surface area contributed by atoms with Crippen LogP contribution in [0.15, 0.2) is 22.8 Å². The molecule has 136 valence electrons. The van der Waals surface area contributed by atoms with Gasteiger partial charge in [-0.2, -0.15) is 0 Å². The number of furan rings is 1. The van der Waals surface area contributed by atoms with E-state index >= 15 is 0 Å². The van der Waals surface area contributed by atoms with Gasteiger partial charge in [0.15, 0.2) is 5.76 Å². The van der Waals surface area contributed by atoms with Crippen molar-refractivity contribution in [3.05, 3.63) is 24.2 Å². The van der Waals surface area contributed by atoms with Crippen LogP contribution in [0.2, 0.25) is 0 Å². The van der Waals surface area contributed by atoms with Gasteiger partial charge in [0.25, 0.3) is 5.91 Å². The number of carbonyl (C=O) groups is 2. The molecular weight excluding hydrogens is 318 g/mol. The highest BCUT2D eigenvalue weighted by atomic mass is 16.5. The molecular formula is C20H27NO4. The van der Waals surface area contributed by atoms with Crippen LogP contribution in [0, 0.1) is 23.2 Å². The van der Waals surface area contributed by atoms with Crippen molar-refractivity contribution in [3.8, 4) is 0 Å². The number of carbonyl (C=O) groups excluding carboxylic acids is 2. The number of likely N-dealkylation sites (tertiary alicyclic amines) is 1. The second-order valence-corrected chi connectivity index (χ2v) is 8.56. The van der Waals surface area contributed by atoms with Gasteiger partial charge in [0.2, 0.25) is 0 Å². The largest absolute Gasteiger partial charge is 0.461 e. The van der Waals surface area contributed by atoms with E-state index in [-0.39, 0.29) is 23.7 Å².